The standard InChI is InChI=1S/C51H35N/c1-4-16-42(17-5-1)51(43-18-6-2-7-19-43)49-23-13-12-22-47(49)48-34-40-28-31-46(33-41(40)35-50(48)51)52(44-20-8-3-9-21-44)45-29-26-37(27-30-45)39-25-24-36-14-10-11-15-38(36)32-39/h1-35H. The molecule has 1 nitrogen and oxygen atoms in total. The number of anilines is 3. The van der Waals surface area contributed by atoms with E-state index in [4.69, 9.17) is 0 Å². The van der Waals surface area contributed by atoms with Crippen molar-refractivity contribution < 1.29 is 0 Å². The van der Waals surface area contributed by atoms with Gasteiger partial charge in [-0.2, -0.15) is 0 Å². The van der Waals surface area contributed by atoms with Gasteiger partial charge in [-0.3, -0.25) is 0 Å². The van der Waals surface area contributed by atoms with Crippen LogP contribution in [0.15, 0.2) is 212 Å². The molecule has 0 fully saturated rings. The van der Waals surface area contributed by atoms with Crippen molar-refractivity contribution in [3.8, 4) is 22.3 Å². The van der Waals surface area contributed by atoms with Crippen molar-refractivity contribution in [3.05, 3.63) is 235 Å². The molecule has 1 heteroatoms. The number of fused-ring (bicyclic) bond motifs is 5. The van der Waals surface area contributed by atoms with E-state index in [1.165, 1.54) is 66.1 Å². The summed E-state index contributed by atoms with van der Waals surface area (Å²) in [7, 11) is 0. The monoisotopic (exact) mass is 661 g/mol. The van der Waals surface area contributed by atoms with E-state index in [2.05, 4.69) is 217 Å². The Morgan fingerprint density at radius 2 is 0.827 bits per heavy atom. The molecule has 0 unspecified atom stereocenters. The van der Waals surface area contributed by atoms with Crippen molar-refractivity contribution in [1.29, 1.82) is 0 Å². The largest absolute Gasteiger partial charge is 0.310 e. The first-order chi connectivity index (χ1) is 25.8. The van der Waals surface area contributed by atoms with Crippen LogP contribution in [0, 0.1) is 0 Å². The van der Waals surface area contributed by atoms with Crippen LogP contribution in [-0.2, 0) is 5.41 Å². The van der Waals surface area contributed by atoms with Crippen molar-refractivity contribution >= 4 is 38.6 Å². The molecule has 0 aliphatic heterocycles. The fourth-order valence-electron chi connectivity index (χ4n) is 8.51. The maximum Gasteiger partial charge on any atom is 0.0713 e. The number of rotatable bonds is 6. The summed E-state index contributed by atoms with van der Waals surface area (Å²) in [6.07, 6.45) is 0. The third-order valence-corrected chi connectivity index (χ3v) is 10.9. The molecule has 0 saturated heterocycles. The molecule has 0 aromatic heterocycles. The van der Waals surface area contributed by atoms with Crippen LogP contribution in [0.4, 0.5) is 17.1 Å². The van der Waals surface area contributed by atoms with Crippen molar-refractivity contribution in [2.24, 2.45) is 0 Å². The van der Waals surface area contributed by atoms with Gasteiger partial charge in [-0.1, -0.05) is 158 Å². The van der Waals surface area contributed by atoms with Crippen LogP contribution in [0.3, 0.4) is 0 Å². The van der Waals surface area contributed by atoms with Crippen LogP contribution in [0.1, 0.15) is 22.3 Å². The van der Waals surface area contributed by atoms with E-state index in [0.717, 1.165) is 17.1 Å². The summed E-state index contributed by atoms with van der Waals surface area (Å²) < 4.78 is 0. The molecule has 1 aliphatic rings. The van der Waals surface area contributed by atoms with E-state index in [-0.39, 0.29) is 0 Å². The predicted octanol–water partition coefficient (Wildman–Crippen LogP) is 13.5. The van der Waals surface area contributed by atoms with Crippen LogP contribution in [-0.4, -0.2) is 0 Å². The zero-order valence-corrected chi connectivity index (χ0v) is 28.7. The molecule has 0 saturated carbocycles. The summed E-state index contributed by atoms with van der Waals surface area (Å²) in [6.45, 7) is 0. The number of benzene rings is 9. The molecular weight excluding hydrogens is 627 g/mol. The minimum absolute atomic E-state index is 0.434. The lowest BCUT2D eigenvalue weighted by atomic mass is 9.67. The Bertz CT molecular complexity index is 2670. The lowest BCUT2D eigenvalue weighted by Gasteiger charge is -2.34. The maximum absolute atomic E-state index is 2.46. The molecule has 0 atom stereocenters. The first-order valence-corrected chi connectivity index (χ1v) is 18.0. The predicted molar refractivity (Wildman–Crippen MR) is 219 cm³/mol. The second kappa shape index (κ2) is 12.3. The van der Waals surface area contributed by atoms with Crippen molar-refractivity contribution in [3.63, 3.8) is 0 Å². The molecule has 10 rings (SSSR count). The Morgan fingerprint density at radius 3 is 1.56 bits per heavy atom. The maximum atomic E-state index is 2.46. The molecule has 244 valence electrons. The van der Waals surface area contributed by atoms with Crippen LogP contribution in [0.5, 0.6) is 0 Å². The molecular formula is C51H35N. The van der Waals surface area contributed by atoms with Crippen molar-refractivity contribution in [2.75, 3.05) is 4.90 Å². The molecule has 52 heavy (non-hydrogen) atoms. The SMILES string of the molecule is c1ccc(N(c2ccc(-c3ccc4ccccc4c3)cc2)c2ccc3cc4c(cc3c2)C(c2ccccc2)(c2ccccc2)c2ccccc2-4)cc1. The Kier molecular flexibility index (Phi) is 7.11. The lowest BCUT2D eigenvalue weighted by Crippen LogP contribution is -2.28. The van der Waals surface area contributed by atoms with Gasteiger partial charge in [0, 0.05) is 17.1 Å². The van der Waals surface area contributed by atoms with Gasteiger partial charge in [-0.25, -0.2) is 0 Å². The van der Waals surface area contributed by atoms with Gasteiger partial charge < -0.3 is 4.90 Å². The fraction of sp³-hybridized carbons (Fsp3) is 0.0196. The van der Waals surface area contributed by atoms with Gasteiger partial charge in [0.1, 0.15) is 0 Å². The van der Waals surface area contributed by atoms with Gasteiger partial charge >= 0.3 is 0 Å². The number of para-hydroxylation sites is 1. The van der Waals surface area contributed by atoms with Gasteiger partial charge in [0.25, 0.3) is 0 Å². The smallest absolute Gasteiger partial charge is 0.0713 e. The lowest BCUT2D eigenvalue weighted by molar-refractivity contribution is 0.769. The minimum atomic E-state index is -0.434. The van der Waals surface area contributed by atoms with Crippen LogP contribution in [0.2, 0.25) is 0 Å². The topological polar surface area (TPSA) is 3.24 Å². The highest BCUT2D eigenvalue weighted by Gasteiger charge is 2.46. The van der Waals surface area contributed by atoms with E-state index in [1.807, 2.05) is 0 Å². The fourth-order valence-corrected chi connectivity index (χ4v) is 8.51. The third kappa shape index (κ3) is 4.78. The summed E-state index contributed by atoms with van der Waals surface area (Å²) in [5.74, 6) is 0. The Balaban J connectivity index is 1.14. The van der Waals surface area contributed by atoms with Crippen LogP contribution >= 0.6 is 0 Å². The molecule has 0 radical (unpaired) electrons. The summed E-state index contributed by atoms with van der Waals surface area (Å²) in [5.41, 5.74) is 13.2. The first kappa shape index (κ1) is 30.2. The second-order valence-corrected chi connectivity index (χ2v) is 13.7. The molecule has 1 aliphatic carbocycles. The molecule has 0 bridgehead atoms. The highest BCUT2D eigenvalue weighted by atomic mass is 15.1. The summed E-state index contributed by atoms with van der Waals surface area (Å²) in [4.78, 5) is 2.37. The number of hydrogen-bond donors (Lipinski definition) is 0. The molecule has 0 N–H and O–H groups in total. The highest BCUT2D eigenvalue weighted by Crippen LogP contribution is 2.57. The normalized spacial score (nSPS) is 12.8. The zero-order chi connectivity index (χ0) is 34.5. The third-order valence-electron chi connectivity index (χ3n) is 10.9. The Morgan fingerprint density at radius 1 is 0.288 bits per heavy atom. The molecule has 0 heterocycles. The summed E-state index contributed by atoms with van der Waals surface area (Å²) in [5, 5.41) is 4.96. The number of hydrogen-bond acceptors (Lipinski definition) is 1. The first-order valence-electron chi connectivity index (χ1n) is 18.0. The van der Waals surface area contributed by atoms with E-state index in [9.17, 15) is 0 Å². The van der Waals surface area contributed by atoms with Gasteiger partial charge in [0.15, 0.2) is 0 Å². The van der Waals surface area contributed by atoms with Crippen LogP contribution < -0.4 is 4.90 Å². The van der Waals surface area contributed by atoms with Crippen LogP contribution in [0.25, 0.3) is 43.8 Å². The molecule has 0 amide bonds. The molecule has 9 aromatic rings. The van der Waals surface area contributed by atoms with Gasteiger partial charge in [-0.15, -0.1) is 0 Å². The van der Waals surface area contributed by atoms with E-state index >= 15 is 0 Å². The number of nitrogens with zero attached hydrogens (tertiary/aromatic N) is 1. The summed E-state index contributed by atoms with van der Waals surface area (Å²) >= 11 is 0. The highest BCUT2D eigenvalue weighted by molar-refractivity contribution is 5.98. The van der Waals surface area contributed by atoms with E-state index in [1.54, 1.807) is 0 Å². The van der Waals surface area contributed by atoms with Gasteiger partial charge in [0.05, 0.1) is 5.41 Å². The quantitative estimate of drug-likeness (QED) is 0.171. The van der Waals surface area contributed by atoms with E-state index in [0.29, 0.717) is 0 Å². The average Bonchev–Trinajstić information content (AvgIpc) is 3.51. The molecule has 0 spiro atoms. The Hall–Kier alpha value is -6.70. The summed E-state index contributed by atoms with van der Waals surface area (Å²) in [6, 6.07) is 77.8. The van der Waals surface area contributed by atoms with Crippen molar-refractivity contribution in [2.45, 2.75) is 5.41 Å². The average molecular weight is 662 g/mol. The van der Waals surface area contributed by atoms with Crippen molar-refractivity contribution in [1.82, 2.24) is 0 Å². The van der Waals surface area contributed by atoms with Gasteiger partial charge in [-0.05, 0) is 121 Å². The minimum Gasteiger partial charge on any atom is -0.310 e. The van der Waals surface area contributed by atoms with Gasteiger partial charge in [0.2, 0.25) is 0 Å². The van der Waals surface area contributed by atoms with E-state index < -0.39 is 5.41 Å². The second-order valence-electron chi connectivity index (χ2n) is 13.7. The zero-order valence-electron chi connectivity index (χ0n) is 28.7. The molecule has 9 aromatic carbocycles. The Labute approximate surface area is 304 Å².